The summed E-state index contributed by atoms with van der Waals surface area (Å²) in [5, 5.41) is 9.97. The van der Waals surface area contributed by atoms with Gasteiger partial charge in [0.25, 0.3) is 0 Å². The van der Waals surface area contributed by atoms with E-state index in [9.17, 15) is 28.0 Å². The van der Waals surface area contributed by atoms with Crippen LogP contribution in [0.1, 0.15) is 17.0 Å². The first-order valence-corrected chi connectivity index (χ1v) is 10.4. The molecule has 2 aromatic rings. The number of methoxy groups -OCH3 is 2. The van der Waals surface area contributed by atoms with Gasteiger partial charge in [-0.25, -0.2) is 9.59 Å². The SMILES string of the molecule is COC(=O)C1=C(C(=O)OC)N(c2cccc(C(F)(F)F)c2Br)C(N)=C(C#N)C1c1ccccc1. The van der Waals surface area contributed by atoms with Gasteiger partial charge < -0.3 is 15.2 Å². The number of ether oxygens (including phenoxy) is 2. The van der Waals surface area contributed by atoms with Crippen LogP contribution in [0.3, 0.4) is 0 Å². The van der Waals surface area contributed by atoms with Crippen LogP contribution < -0.4 is 10.6 Å². The average molecular weight is 536 g/mol. The first kappa shape index (κ1) is 24.9. The number of nitrogens with zero attached hydrogens (tertiary/aromatic N) is 2. The number of nitrogens with two attached hydrogens (primary N) is 1. The Bertz CT molecular complexity index is 1250. The highest BCUT2D eigenvalue weighted by atomic mass is 79.9. The first-order valence-electron chi connectivity index (χ1n) is 9.59. The lowest BCUT2D eigenvalue weighted by Crippen LogP contribution is -2.41. The van der Waals surface area contributed by atoms with Gasteiger partial charge in [-0.3, -0.25) is 4.90 Å². The minimum absolute atomic E-state index is 0.163. The molecule has 1 unspecified atom stereocenters. The Morgan fingerprint density at radius 1 is 1.06 bits per heavy atom. The number of hydrogen-bond donors (Lipinski definition) is 1. The van der Waals surface area contributed by atoms with Crippen LogP contribution in [-0.4, -0.2) is 26.2 Å². The normalized spacial score (nSPS) is 16.3. The van der Waals surface area contributed by atoms with Gasteiger partial charge in [0.1, 0.15) is 11.5 Å². The number of carbonyl (C=O) groups is 2. The standard InChI is InChI=1S/C23H17BrF3N3O4/c1-33-21(31)17-16(12-7-4-3-5-8-12)13(11-28)20(29)30(19(17)22(32)34-2)15-10-6-9-14(18(15)24)23(25,26)27/h3-10,16H,29H2,1-2H3. The van der Waals surface area contributed by atoms with Crippen LogP contribution in [-0.2, 0) is 25.2 Å². The van der Waals surface area contributed by atoms with E-state index < -0.39 is 39.8 Å². The minimum atomic E-state index is -4.74. The summed E-state index contributed by atoms with van der Waals surface area (Å²) in [6, 6.07) is 13.4. The second-order valence-electron chi connectivity index (χ2n) is 6.97. The monoisotopic (exact) mass is 535 g/mol. The van der Waals surface area contributed by atoms with Crippen molar-refractivity contribution in [3.63, 3.8) is 0 Å². The molecule has 0 bridgehead atoms. The molecule has 11 heteroatoms. The molecular weight excluding hydrogens is 519 g/mol. The van der Waals surface area contributed by atoms with E-state index in [1.54, 1.807) is 30.3 Å². The topological polar surface area (TPSA) is 106 Å². The van der Waals surface area contributed by atoms with Crippen LogP contribution in [0, 0.1) is 11.3 Å². The summed E-state index contributed by atoms with van der Waals surface area (Å²) < 4.78 is 50.0. The van der Waals surface area contributed by atoms with Gasteiger partial charge in [-0.1, -0.05) is 36.4 Å². The number of allylic oxidation sites excluding steroid dienone is 1. The summed E-state index contributed by atoms with van der Waals surface area (Å²) in [6.07, 6.45) is -4.74. The second-order valence-corrected chi connectivity index (χ2v) is 7.76. The Morgan fingerprint density at radius 3 is 2.21 bits per heavy atom. The molecule has 0 radical (unpaired) electrons. The smallest absolute Gasteiger partial charge is 0.417 e. The lowest BCUT2D eigenvalue weighted by Gasteiger charge is -2.36. The van der Waals surface area contributed by atoms with E-state index in [0.29, 0.717) is 5.56 Å². The van der Waals surface area contributed by atoms with E-state index in [-0.39, 0.29) is 22.7 Å². The average Bonchev–Trinajstić information content (AvgIpc) is 2.82. The quantitative estimate of drug-likeness (QED) is 0.579. The van der Waals surface area contributed by atoms with Gasteiger partial charge in [0.2, 0.25) is 0 Å². The van der Waals surface area contributed by atoms with Crippen molar-refractivity contribution in [2.24, 2.45) is 5.73 Å². The van der Waals surface area contributed by atoms with Crippen molar-refractivity contribution in [2.75, 3.05) is 19.1 Å². The molecular formula is C23H17BrF3N3O4. The van der Waals surface area contributed by atoms with Crippen LogP contribution in [0.2, 0.25) is 0 Å². The molecule has 0 spiro atoms. The van der Waals surface area contributed by atoms with Gasteiger partial charge in [0.15, 0.2) is 0 Å². The highest BCUT2D eigenvalue weighted by Gasteiger charge is 2.44. The summed E-state index contributed by atoms with van der Waals surface area (Å²) >= 11 is 2.94. The summed E-state index contributed by atoms with van der Waals surface area (Å²) in [6.45, 7) is 0. The number of anilines is 1. The third-order valence-corrected chi connectivity index (χ3v) is 5.97. The molecule has 1 heterocycles. The molecule has 2 aromatic carbocycles. The number of rotatable bonds is 4. The van der Waals surface area contributed by atoms with E-state index in [2.05, 4.69) is 15.9 Å². The fourth-order valence-corrected chi connectivity index (χ4v) is 4.34. The largest absolute Gasteiger partial charge is 0.466 e. The summed E-state index contributed by atoms with van der Waals surface area (Å²) in [5.74, 6) is -3.52. The zero-order valence-electron chi connectivity index (χ0n) is 17.8. The maximum atomic E-state index is 13.6. The zero-order chi connectivity index (χ0) is 25.2. The van der Waals surface area contributed by atoms with Crippen molar-refractivity contribution in [1.82, 2.24) is 0 Å². The summed E-state index contributed by atoms with van der Waals surface area (Å²) in [4.78, 5) is 26.8. The minimum Gasteiger partial charge on any atom is -0.466 e. The summed E-state index contributed by atoms with van der Waals surface area (Å²) in [7, 11) is 2.12. The van der Waals surface area contributed by atoms with E-state index in [1.165, 1.54) is 6.07 Å². The lowest BCUT2D eigenvalue weighted by atomic mass is 9.81. The Hall–Kier alpha value is -3.78. The molecule has 1 aliphatic heterocycles. The molecule has 0 amide bonds. The Kier molecular flexibility index (Phi) is 7.02. The predicted molar refractivity (Wildman–Crippen MR) is 119 cm³/mol. The van der Waals surface area contributed by atoms with Crippen LogP contribution in [0.5, 0.6) is 0 Å². The van der Waals surface area contributed by atoms with Gasteiger partial charge in [-0.05, 0) is 33.6 Å². The first-order chi connectivity index (χ1) is 16.1. The van der Waals surface area contributed by atoms with Gasteiger partial charge >= 0.3 is 18.1 Å². The number of esters is 2. The van der Waals surface area contributed by atoms with Crippen molar-refractivity contribution in [1.29, 1.82) is 5.26 Å². The lowest BCUT2D eigenvalue weighted by molar-refractivity contribution is -0.139. The zero-order valence-corrected chi connectivity index (χ0v) is 19.4. The molecule has 34 heavy (non-hydrogen) atoms. The number of nitriles is 1. The number of alkyl halides is 3. The fourth-order valence-electron chi connectivity index (χ4n) is 3.67. The molecule has 0 fully saturated rings. The molecule has 7 nitrogen and oxygen atoms in total. The van der Waals surface area contributed by atoms with Gasteiger partial charge in [-0.15, -0.1) is 0 Å². The molecule has 176 valence electrons. The van der Waals surface area contributed by atoms with E-state index in [4.69, 9.17) is 15.2 Å². The van der Waals surface area contributed by atoms with Crippen molar-refractivity contribution >= 4 is 33.6 Å². The third-order valence-electron chi connectivity index (χ3n) is 5.13. The molecule has 0 saturated heterocycles. The van der Waals surface area contributed by atoms with Crippen LogP contribution in [0.25, 0.3) is 0 Å². The number of benzene rings is 2. The van der Waals surface area contributed by atoms with Crippen molar-refractivity contribution in [3.05, 3.63) is 86.8 Å². The Labute approximate surface area is 201 Å². The summed E-state index contributed by atoms with van der Waals surface area (Å²) in [5.41, 5.74) is 4.51. The molecule has 3 rings (SSSR count). The molecule has 2 N–H and O–H groups in total. The highest BCUT2D eigenvalue weighted by molar-refractivity contribution is 9.10. The van der Waals surface area contributed by atoms with Gasteiger partial charge in [0.05, 0.1) is 53.1 Å². The Morgan fingerprint density at radius 2 is 1.68 bits per heavy atom. The second kappa shape index (κ2) is 9.61. The maximum Gasteiger partial charge on any atom is 0.417 e. The Balaban J connectivity index is 2.46. The van der Waals surface area contributed by atoms with Crippen LogP contribution in [0.15, 0.2) is 75.7 Å². The van der Waals surface area contributed by atoms with Crippen LogP contribution in [0.4, 0.5) is 18.9 Å². The van der Waals surface area contributed by atoms with E-state index >= 15 is 0 Å². The predicted octanol–water partition coefficient (Wildman–Crippen LogP) is 4.37. The molecule has 0 saturated carbocycles. The third kappa shape index (κ3) is 4.24. The van der Waals surface area contributed by atoms with E-state index in [1.807, 2.05) is 6.07 Å². The number of hydrogen-bond acceptors (Lipinski definition) is 7. The highest BCUT2D eigenvalue weighted by Crippen LogP contribution is 2.47. The molecule has 1 atom stereocenters. The maximum absolute atomic E-state index is 13.6. The number of carbonyl (C=O) groups excluding carboxylic acids is 2. The molecule has 1 aliphatic rings. The van der Waals surface area contributed by atoms with Crippen molar-refractivity contribution in [2.45, 2.75) is 12.1 Å². The molecule has 0 aromatic heterocycles. The van der Waals surface area contributed by atoms with Gasteiger partial charge in [0, 0.05) is 0 Å². The fraction of sp³-hybridized carbons (Fsp3) is 0.174. The number of halogens is 4. The van der Waals surface area contributed by atoms with Gasteiger partial charge in [-0.2, -0.15) is 18.4 Å². The van der Waals surface area contributed by atoms with Crippen molar-refractivity contribution in [3.8, 4) is 6.07 Å². The molecule has 0 aliphatic carbocycles. The van der Waals surface area contributed by atoms with E-state index in [0.717, 1.165) is 31.3 Å². The van der Waals surface area contributed by atoms with Crippen LogP contribution >= 0.6 is 15.9 Å². The van der Waals surface area contributed by atoms with Crippen molar-refractivity contribution < 1.29 is 32.2 Å².